The van der Waals surface area contributed by atoms with Gasteiger partial charge in [0.05, 0.1) is 7.11 Å². The maximum atomic E-state index is 11.6. The molecule has 0 aromatic carbocycles. The molecule has 1 aliphatic heterocycles. The first-order chi connectivity index (χ1) is 7.54. The number of amides is 1. The van der Waals surface area contributed by atoms with E-state index in [1.54, 1.807) is 0 Å². The number of piperidine rings is 1. The maximum absolute atomic E-state index is 11.6. The molecule has 1 amide bonds. The number of hydrogen-bond acceptors (Lipinski definition) is 4. The molecule has 1 aliphatic rings. The van der Waals surface area contributed by atoms with Gasteiger partial charge in [0.1, 0.15) is 6.04 Å². The van der Waals surface area contributed by atoms with E-state index >= 15 is 0 Å². The second-order valence-electron chi connectivity index (χ2n) is 4.37. The van der Waals surface area contributed by atoms with Crippen molar-refractivity contribution in [3.63, 3.8) is 0 Å². The van der Waals surface area contributed by atoms with Crippen LogP contribution in [0.5, 0.6) is 0 Å². The molecular formula is C11H20N2O3. The van der Waals surface area contributed by atoms with Crippen molar-refractivity contribution in [2.24, 2.45) is 5.92 Å². The van der Waals surface area contributed by atoms with Crippen molar-refractivity contribution in [2.75, 3.05) is 27.2 Å². The summed E-state index contributed by atoms with van der Waals surface area (Å²) in [5, 5.41) is 2.68. The first-order valence-electron chi connectivity index (χ1n) is 5.58. The second-order valence-corrected chi connectivity index (χ2v) is 4.37. The molecule has 5 nitrogen and oxygen atoms in total. The quantitative estimate of drug-likeness (QED) is 0.691. The lowest BCUT2D eigenvalue weighted by molar-refractivity contribution is -0.147. The van der Waals surface area contributed by atoms with E-state index < -0.39 is 6.04 Å². The number of nitrogens with zero attached hydrogens (tertiary/aromatic N) is 1. The molecule has 2 atom stereocenters. The monoisotopic (exact) mass is 228 g/mol. The van der Waals surface area contributed by atoms with Gasteiger partial charge in [0, 0.05) is 19.4 Å². The zero-order valence-electron chi connectivity index (χ0n) is 10.2. The number of carbonyl (C=O) groups excluding carboxylic acids is 2. The Balaban J connectivity index is 2.66. The molecule has 0 aromatic heterocycles. The maximum Gasteiger partial charge on any atom is 0.328 e. The number of esters is 1. The van der Waals surface area contributed by atoms with Crippen molar-refractivity contribution in [1.29, 1.82) is 0 Å². The van der Waals surface area contributed by atoms with Crippen LogP contribution in [0.4, 0.5) is 0 Å². The van der Waals surface area contributed by atoms with Crippen LogP contribution in [0.15, 0.2) is 0 Å². The Morgan fingerprint density at radius 2 is 2.19 bits per heavy atom. The first kappa shape index (κ1) is 13.0. The Kier molecular flexibility index (Phi) is 4.73. The second kappa shape index (κ2) is 5.84. The summed E-state index contributed by atoms with van der Waals surface area (Å²) in [6, 6.07) is -0.509. The lowest BCUT2D eigenvalue weighted by Crippen LogP contribution is -2.50. The summed E-state index contributed by atoms with van der Waals surface area (Å²) in [5.41, 5.74) is 0. The molecule has 1 saturated heterocycles. The minimum atomic E-state index is -0.509. The van der Waals surface area contributed by atoms with Gasteiger partial charge < -0.3 is 15.0 Å². The van der Waals surface area contributed by atoms with Crippen molar-refractivity contribution in [3.05, 3.63) is 0 Å². The SMILES string of the molecule is COC(=O)C(NC(C)=O)C1CCCN(C)C1. The summed E-state index contributed by atoms with van der Waals surface area (Å²) >= 11 is 0. The molecule has 1 N–H and O–H groups in total. The zero-order chi connectivity index (χ0) is 12.1. The van der Waals surface area contributed by atoms with Crippen LogP contribution >= 0.6 is 0 Å². The standard InChI is InChI=1S/C11H20N2O3/c1-8(14)12-10(11(15)16-3)9-5-4-6-13(2)7-9/h9-10H,4-7H2,1-3H3,(H,12,14). The number of rotatable bonds is 3. The molecule has 0 saturated carbocycles. The van der Waals surface area contributed by atoms with Gasteiger partial charge in [0.25, 0.3) is 0 Å². The van der Waals surface area contributed by atoms with Crippen LogP contribution in [-0.4, -0.2) is 50.1 Å². The van der Waals surface area contributed by atoms with Crippen molar-refractivity contribution in [3.8, 4) is 0 Å². The number of carbonyl (C=O) groups is 2. The number of hydrogen-bond donors (Lipinski definition) is 1. The fourth-order valence-corrected chi connectivity index (χ4v) is 2.19. The molecule has 0 radical (unpaired) electrons. The van der Waals surface area contributed by atoms with E-state index in [2.05, 4.69) is 10.2 Å². The van der Waals surface area contributed by atoms with Gasteiger partial charge in [-0.1, -0.05) is 0 Å². The molecule has 1 rings (SSSR count). The van der Waals surface area contributed by atoms with Crippen molar-refractivity contribution in [2.45, 2.75) is 25.8 Å². The predicted molar refractivity (Wildman–Crippen MR) is 59.8 cm³/mol. The van der Waals surface area contributed by atoms with E-state index in [1.165, 1.54) is 14.0 Å². The van der Waals surface area contributed by atoms with Gasteiger partial charge in [-0.2, -0.15) is 0 Å². The Labute approximate surface area is 96.1 Å². The van der Waals surface area contributed by atoms with Gasteiger partial charge in [-0.05, 0) is 26.4 Å². The van der Waals surface area contributed by atoms with Gasteiger partial charge >= 0.3 is 5.97 Å². The molecule has 2 unspecified atom stereocenters. The van der Waals surface area contributed by atoms with Crippen LogP contribution in [0, 0.1) is 5.92 Å². The fraction of sp³-hybridized carbons (Fsp3) is 0.818. The lowest BCUT2D eigenvalue weighted by atomic mass is 9.91. The summed E-state index contributed by atoms with van der Waals surface area (Å²) in [6.07, 6.45) is 2.00. The topological polar surface area (TPSA) is 58.6 Å². The average Bonchev–Trinajstić information content (AvgIpc) is 2.24. The van der Waals surface area contributed by atoms with Crippen LogP contribution in [0.2, 0.25) is 0 Å². The Morgan fingerprint density at radius 1 is 1.50 bits per heavy atom. The summed E-state index contributed by atoms with van der Waals surface area (Å²) in [7, 11) is 3.37. The average molecular weight is 228 g/mol. The predicted octanol–water partition coefficient (Wildman–Crippen LogP) is 0.00590. The van der Waals surface area contributed by atoms with Crippen molar-refractivity contribution in [1.82, 2.24) is 10.2 Å². The van der Waals surface area contributed by atoms with Crippen LogP contribution in [0.3, 0.4) is 0 Å². The molecule has 1 heterocycles. The first-order valence-corrected chi connectivity index (χ1v) is 5.58. The lowest BCUT2D eigenvalue weighted by Gasteiger charge is -2.33. The third kappa shape index (κ3) is 3.48. The Hall–Kier alpha value is -1.10. The molecule has 0 spiro atoms. The zero-order valence-corrected chi connectivity index (χ0v) is 10.2. The van der Waals surface area contributed by atoms with E-state index in [0.29, 0.717) is 0 Å². The van der Waals surface area contributed by atoms with Gasteiger partial charge in [-0.3, -0.25) is 4.79 Å². The van der Waals surface area contributed by atoms with Gasteiger partial charge in [-0.15, -0.1) is 0 Å². The fourth-order valence-electron chi connectivity index (χ4n) is 2.19. The van der Waals surface area contributed by atoms with E-state index in [0.717, 1.165) is 25.9 Å². The Bertz CT molecular complexity index is 268. The van der Waals surface area contributed by atoms with Gasteiger partial charge in [0.2, 0.25) is 5.91 Å². The summed E-state index contributed by atoms with van der Waals surface area (Å²) in [4.78, 5) is 24.8. The highest BCUT2D eigenvalue weighted by Crippen LogP contribution is 2.19. The highest BCUT2D eigenvalue weighted by atomic mass is 16.5. The van der Waals surface area contributed by atoms with E-state index in [4.69, 9.17) is 4.74 Å². The third-order valence-corrected chi connectivity index (χ3v) is 2.95. The van der Waals surface area contributed by atoms with Crippen molar-refractivity contribution < 1.29 is 14.3 Å². The highest BCUT2D eigenvalue weighted by molar-refractivity contribution is 5.83. The van der Waals surface area contributed by atoms with Crippen molar-refractivity contribution >= 4 is 11.9 Å². The molecule has 1 fully saturated rings. The van der Waals surface area contributed by atoms with Crippen LogP contribution in [0.25, 0.3) is 0 Å². The van der Waals surface area contributed by atoms with E-state index in [-0.39, 0.29) is 17.8 Å². The molecule has 92 valence electrons. The van der Waals surface area contributed by atoms with E-state index in [9.17, 15) is 9.59 Å². The minimum Gasteiger partial charge on any atom is -0.467 e. The summed E-state index contributed by atoms with van der Waals surface area (Å²) in [5.74, 6) is -0.394. The number of ether oxygens (including phenoxy) is 1. The molecule has 0 aliphatic carbocycles. The van der Waals surface area contributed by atoms with Crippen LogP contribution < -0.4 is 5.32 Å². The van der Waals surface area contributed by atoms with Gasteiger partial charge in [-0.25, -0.2) is 4.79 Å². The molecule has 16 heavy (non-hydrogen) atoms. The molecule has 0 aromatic rings. The molecular weight excluding hydrogens is 208 g/mol. The van der Waals surface area contributed by atoms with Crippen LogP contribution in [0.1, 0.15) is 19.8 Å². The minimum absolute atomic E-state index is 0.148. The summed E-state index contributed by atoms with van der Waals surface area (Å²) < 4.78 is 4.73. The summed E-state index contributed by atoms with van der Waals surface area (Å²) in [6.45, 7) is 3.28. The highest BCUT2D eigenvalue weighted by Gasteiger charge is 2.32. The van der Waals surface area contributed by atoms with Crippen LogP contribution in [-0.2, 0) is 14.3 Å². The normalized spacial score (nSPS) is 23.6. The Morgan fingerprint density at radius 3 is 2.69 bits per heavy atom. The third-order valence-electron chi connectivity index (χ3n) is 2.95. The number of nitrogens with one attached hydrogen (secondary N) is 1. The molecule has 0 bridgehead atoms. The number of methoxy groups -OCH3 is 1. The number of likely N-dealkylation sites (tertiary alicyclic amines) is 1. The smallest absolute Gasteiger partial charge is 0.328 e. The van der Waals surface area contributed by atoms with E-state index in [1.807, 2.05) is 7.05 Å². The molecule has 5 heteroatoms. The largest absolute Gasteiger partial charge is 0.467 e. The van der Waals surface area contributed by atoms with Gasteiger partial charge in [0.15, 0.2) is 0 Å².